The third-order valence-corrected chi connectivity index (χ3v) is 4.94. The van der Waals surface area contributed by atoms with Gasteiger partial charge in [-0.25, -0.2) is 0 Å². The van der Waals surface area contributed by atoms with E-state index in [1.165, 1.54) is 5.56 Å². The van der Waals surface area contributed by atoms with Crippen molar-refractivity contribution in [3.8, 4) is 5.75 Å². The fourth-order valence-corrected chi connectivity index (χ4v) is 3.78. The van der Waals surface area contributed by atoms with E-state index >= 15 is 0 Å². The van der Waals surface area contributed by atoms with E-state index in [0.29, 0.717) is 10.8 Å². The summed E-state index contributed by atoms with van der Waals surface area (Å²) < 4.78 is 8.29. The average molecular weight is 351 g/mol. The molecule has 1 atom stereocenters. The first-order valence-corrected chi connectivity index (χ1v) is 8.81. The van der Waals surface area contributed by atoms with Crippen LogP contribution in [0.2, 0.25) is 5.02 Å². The summed E-state index contributed by atoms with van der Waals surface area (Å²) >= 11 is 6.51. The molecule has 1 aromatic heterocycles. The molecule has 2 aromatic rings. The quantitative estimate of drug-likeness (QED) is 0.870. The Bertz CT molecular complexity index is 738. The van der Waals surface area contributed by atoms with Crippen LogP contribution in [0.1, 0.15) is 12.0 Å². The molecule has 0 bridgehead atoms. The van der Waals surface area contributed by atoms with E-state index in [0.717, 1.165) is 49.1 Å². The summed E-state index contributed by atoms with van der Waals surface area (Å²) in [6, 6.07) is 4.07. The van der Waals surface area contributed by atoms with Gasteiger partial charge in [-0.05, 0) is 53.3 Å². The molecule has 6 heteroatoms. The molecule has 1 aliphatic heterocycles. The molecule has 2 heterocycles. The van der Waals surface area contributed by atoms with Crippen LogP contribution in [0.3, 0.4) is 0 Å². The first-order chi connectivity index (χ1) is 11.4. The van der Waals surface area contributed by atoms with Crippen LogP contribution in [0.4, 0.5) is 5.82 Å². The number of nitrogen functional groups attached to an aromatic ring is 1. The van der Waals surface area contributed by atoms with Gasteiger partial charge in [0.2, 0.25) is 0 Å². The molecule has 0 saturated carbocycles. The molecule has 0 spiro atoms. The number of halogens is 1. The predicted molar refractivity (Wildman–Crippen MR) is 101 cm³/mol. The summed E-state index contributed by atoms with van der Waals surface area (Å²) in [5.74, 6) is 1.63. The van der Waals surface area contributed by atoms with Crippen molar-refractivity contribution < 1.29 is 4.74 Å². The van der Waals surface area contributed by atoms with Gasteiger partial charge in [0.05, 0.1) is 10.5 Å². The summed E-state index contributed by atoms with van der Waals surface area (Å²) in [5, 5.41) is 1.69. The lowest BCUT2D eigenvalue weighted by molar-refractivity contribution is 0.184. The van der Waals surface area contributed by atoms with E-state index in [1.807, 2.05) is 12.1 Å². The average Bonchev–Trinajstić information content (AvgIpc) is 3.00. The fourth-order valence-electron chi connectivity index (χ4n) is 3.52. The first-order valence-electron chi connectivity index (χ1n) is 8.43. The summed E-state index contributed by atoms with van der Waals surface area (Å²) in [6.07, 6.45) is 2.12. The van der Waals surface area contributed by atoms with Gasteiger partial charge in [0.1, 0.15) is 17.7 Å². The lowest BCUT2D eigenvalue weighted by atomic mass is 10.1. The molecule has 5 nitrogen and oxygen atoms in total. The molecule has 1 aromatic carbocycles. The molecule has 24 heavy (non-hydrogen) atoms. The van der Waals surface area contributed by atoms with Crippen LogP contribution in [0, 0.1) is 0 Å². The van der Waals surface area contributed by atoms with Crippen molar-refractivity contribution in [2.24, 2.45) is 0 Å². The van der Waals surface area contributed by atoms with Crippen molar-refractivity contribution in [3.05, 3.63) is 22.7 Å². The molecule has 1 unspecified atom stereocenters. The highest BCUT2D eigenvalue weighted by molar-refractivity contribution is 6.38. The van der Waals surface area contributed by atoms with Crippen molar-refractivity contribution in [2.45, 2.75) is 25.5 Å². The minimum absolute atomic E-state index is 0.186. The van der Waals surface area contributed by atoms with Crippen LogP contribution in [-0.4, -0.2) is 61.8 Å². The van der Waals surface area contributed by atoms with Crippen LogP contribution in [0.25, 0.3) is 10.9 Å². The van der Waals surface area contributed by atoms with Gasteiger partial charge in [-0.2, -0.15) is 0 Å². The number of rotatable bonds is 6. The number of fused-ring (bicyclic) bond motifs is 3. The number of likely N-dealkylation sites (N-methyl/N-ethyl adjacent to an activating group) is 1. The monoisotopic (exact) mass is 350 g/mol. The molecule has 0 aliphatic carbocycles. The van der Waals surface area contributed by atoms with Crippen molar-refractivity contribution in [1.82, 2.24) is 14.4 Å². The van der Waals surface area contributed by atoms with Gasteiger partial charge < -0.3 is 24.8 Å². The highest BCUT2D eigenvalue weighted by Crippen LogP contribution is 2.41. The maximum absolute atomic E-state index is 6.51. The summed E-state index contributed by atoms with van der Waals surface area (Å²) in [5.41, 5.74) is 8.70. The van der Waals surface area contributed by atoms with Gasteiger partial charge in [0, 0.05) is 30.5 Å². The molecule has 0 amide bonds. The lowest BCUT2D eigenvalue weighted by Gasteiger charge is -2.15. The number of nitrogens with two attached hydrogens (primary N) is 1. The minimum atomic E-state index is 0.186. The number of ether oxygens (including phenoxy) is 1. The highest BCUT2D eigenvalue weighted by Gasteiger charge is 2.28. The second kappa shape index (κ2) is 6.82. The first kappa shape index (κ1) is 17.4. The Labute approximate surface area is 148 Å². The third-order valence-electron chi connectivity index (χ3n) is 4.54. The zero-order valence-corrected chi connectivity index (χ0v) is 15.7. The van der Waals surface area contributed by atoms with E-state index in [2.05, 4.69) is 42.6 Å². The van der Waals surface area contributed by atoms with Crippen LogP contribution < -0.4 is 10.5 Å². The normalized spacial score (nSPS) is 17.0. The Balaban J connectivity index is 1.97. The number of hydrogen-bond acceptors (Lipinski definition) is 4. The number of aryl methyl sites for hydroxylation is 1. The molecule has 0 fully saturated rings. The van der Waals surface area contributed by atoms with Crippen LogP contribution >= 0.6 is 11.6 Å². The number of aromatic nitrogens is 1. The van der Waals surface area contributed by atoms with E-state index < -0.39 is 0 Å². The van der Waals surface area contributed by atoms with Crippen molar-refractivity contribution in [1.29, 1.82) is 0 Å². The van der Waals surface area contributed by atoms with Crippen LogP contribution in [0.5, 0.6) is 5.75 Å². The maximum Gasteiger partial charge on any atom is 0.125 e. The standard InChI is InChI=1S/C18H27ClN4O/c1-21(2)8-5-9-23-17-13(16(19)18(23)20)6-7-15-14(17)10-12(24-15)11-22(3)4/h6-7,12H,5,8-11,20H2,1-4H3. The summed E-state index contributed by atoms with van der Waals surface area (Å²) in [7, 11) is 8.31. The second-order valence-electron chi connectivity index (χ2n) is 7.15. The van der Waals surface area contributed by atoms with Crippen LogP contribution in [0.15, 0.2) is 12.1 Å². The molecule has 0 saturated heterocycles. The lowest BCUT2D eigenvalue weighted by Crippen LogP contribution is -2.29. The number of hydrogen-bond donors (Lipinski definition) is 1. The van der Waals surface area contributed by atoms with Gasteiger partial charge in [-0.15, -0.1) is 0 Å². The van der Waals surface area contributed by atoms with Gasteiger partial charge >= 0.3 is 0 Å². The molecule has 0 radical (unpaired) electrons. The molecular weight excluding hydrogens is 324 g/mol. The Morgan fingerprint density at radius 2 is 2.00 bits per heavy atom. The number of anilines is 1. The van der Waals surface area contributed by atoms with E-state index in [9.17, 15) is 0 Å². The summed E-state index contributed by atoms with van der Waals surface area (Å²) in [6.45, 7) is 2.79. The Morgan fingerprint density at radius 1 is 1.25 bits per heavy atom. The topological polar surface area (TPSA) is 46.7 Å². The molecule has 1 aliphatic rings. The van der Waals surface area contributed by atoms with Gasteiger partial charge in [-0.1, -0.05) is 11.6 Å². The largest absolute Gasteiger partial charge is 0.488 e. The molecule has 3 rings (SSSR count). The van der Waals surface area contributed by atoms with Gasteiger partial charge in [0.15, 0.2) is 0 Å². The zero-order chi connectivity index (χ0) is 17.4. The third kappa shape index (κ3) is 3.21. The molecular formula is C18H27ClN4O. The SMILES string of the molecule is CN(C)CCCn1c(N)c(Cl)c2ccc3c(c21)CC(CN(C)C)O3. The van der Waals surface area contributed by atoms with E-state index in [1.54, 1.807) is 0 Å². The fraction of sp³-hybridized carbons (Fsp3) is 0.556. The smallest absolute Gasteiger partial charge is 0.125 e. The molecule has 2 N–H and O–H groups in total. The number of nitrogens with zero attached hydrogens (tertiary/aromatic N) is 3. The van der Waals surface area contributed by atoms with Crippen LogP contribution in [-0.2, 0) is 13.0 Å². The Morgan fingerprint density at radius 3 is 2.67 bits per heavy atom. The van der Waals surface area contributed by atoms with Crippen molar-refractivity contribution >= 4 is 28.3 Å². The highest BCUT2D eigenvalue weighted by atomic mass is 35.5. The Hall–Kier alpha value is -1.43. The van der Waals surface area contributed by atoms with Gasteiger partial charge in [-0.3, -0.25) is 0 Å². The minimum Gasteiger partial charge on any atom is -0.488 e. The van der Waals surface area contributed by atoms with E-state index in [-0.39, 0.29) is 6.10 Å². The zero-order valence-electron chi connectivity index (χ0n) is 15.0. The second-order valence-corrected chi connectivity index (χ2v) is 7.53. The van der Waals surface area contributed by atoms with Crippen molar-refractivity contribution in [2.75, 3.05) is 47.0 Å². The van der Waals surface area contributed by atoms with E-state index in [4.69, 9.17) is 22.1 Å². The number of benzene rings is 1. The maximum atomic E-state index is 6.51. The predicted octanol–water partition coefficient (Wildman–Crippen LogP) is 2.69. The van der Waals surface area contributed by atoms with Gasteiger partial charge in [0.25, 0.3) is 0 Å². The Kier molecular flexibility index (Phi) is 4.95. The van der Waals surface area contributed by atoms with Crippen molar-refractivity contribution in [3.63, 3.8) is 0 Å². The molecule has 132 valence electrons. The summed E-state index contributed by atoms with van der Waals surface area (Å²) in [4.78, 5) is 4.34.